The predicted molar refractivity (Wildman–Crippen MR) is 90.2 cm³/mol. The lowest BCUT2D eigenvalue weighted by Crippen LogP contribution is -3.13. The molecular weight excluding hydrogens is 272 g/mol. The van der Waals surface area contributed by atoms with E-state index in [9.17, 15) is 0 Å². The molecule has 4 nitrogen and oxygen atoms in total. The van der Waals surface area contributed by atoms with Crippen LogP contribution in [0.3, 0.4) is 0 Å². The molecule has 0 atom stereocenters. The molecule has 0 aliphatic carbocycles. The van der Waals surface area contributed by atoms with Crippen LogP contribution in [0.5, 0.6) is 0 Å². The van der Waals surface area contributed by atoms with E-state index < -0.39 is 0 Å². The molecule has 1 aliphatic heterocycles. The summed E-state index contributed by atoms with van der Waals surface area (Å²) in [7, 11) is 2.05. The Kier molecular flexibility index (Phi) is 4.59. The smallest absolute Gasteiger partial charge is 0.103 e. The number of hydrazone groups is 1. The number of benzene rings is 1. The number of nitrogens with one attached hydrogen (secondary N) is 1. The molecule has 0 bridgehead atoms. The highest BCUT2D eigenvalue weighted by molar-refractivity contribution is 5.77. The number of rotatable bonds is 4. The molecule has 0 unspecified atom stereocenters. The molecule has 1 saturated heterocycles. The number of nitrogens with zero attached hydrogens (tertiary/aromatic N) is 3. The minimum atomic E-state index is 1.03. The van der Waals surface area contributed by atoms with Crippen LogP contribution in [0.4, 0.5) is 0 Å². The van der Waals surface area contributed by atoms with Gasteiger partial charge in [-0.05, 0) is 19.1 Å². The van der Waals surface area contributed by atoms with Gasteiger partial charge in [0, 0.05) is 18.8 Å². The fourth-order valence-electron chi connectivity index (χ4n) is 2.85. The van der Waals surface area contributed by atoms with Gasteiger partial charge in [-0.2, -0.15) is 5.10 Å². The standard InChI is InChI=1S/C18H24N4/c1-16-5-7-17(8-6-16)15-21-10-12-22(13-11-21)19-14-18-4-3-9-20(18)2/h3-9,14H,10-13,15H2,1-2H3/p+1/b19-14-. The van der Waals surface area contributed by atoms with Gasteiger partial charge < -0.3 is 9.47 Å². The van der Waals surface area contributed by atoms with Crippen LogP contribution in [0.1, 0.15) is 16.8 Å². The molecule has 0 spiro atoms. The SMILES string of the molecule is Cc1ccc(C[NH+]2CCN(/N=C\c3cccn3C)CC2)cc1. The molecule has 3 rings (SSSR count). The Bertz CT molecular complexity index is 619. The fraction of sp³-hybridized carbons (Fsp3) is 0.389. The summed E-state index contributed by atoms with van der Waals surface area (Å²) < 4.78 is 2.09. The molecule has 1 aliphatic rings. The fourth-order valence-corrected chi connectivity index (χ4v) is 2.85. The zero-order chi connectivity index (χ0) is 15.4. The Morgan fingerprint density at radius 3 is 2.50 bits per heavy atom. The number of quaternary nitrogens is 1. The van der Waals surface area contributed by atoms with Gasteiger partial charge in [0.25, 0.3) is 0 Å². The number of hydrogen-bond acceptors (Lipinski definition) is 2. The van der Waals surface area contributed by atoms with E-state index in [4.69, 9.17) is 0 Å². The lowest BCUT2D eigenvalue weighted by atomic mass is 10.1. The number of piperazine rings is 1. The summed E-state index contributed by atoms with van der Waals surface area (Å²) >= 11 is 0. The summed E-state index contributed by atoms with van der Waals surface area (Å²) in [6.07, 6.45) is 4.01. The summed E-state index contributed by atoms with van der Waals surface area (Å²) in [6.45, 7) is 7.62. The van der Waals surface area contributed by atoms with Crippen LogP contribution >= 0.6 is 0 Å². The highest BCUT2D eigenvalue weighted by Crippen LogP contribution is 2.02. The summed E-state index contributed by atoms with van der Waals surface area (Å²) in [4.78, 5) is 1.65. The Balaban J connectivity index is 1.49. The van der Waals surface area contributed by atoms with E-state index in [1.165, 1.54) is 11.1 Å². The van der Waals surface area contributed by atoms with Crippen molar-refractivity contribution in [2.75, 3.05) is 26.2 Å². The second kappa shape index (κ2) is 6.79. The van der Waals surface area contributed by atoms with Crippen LogP contribution in [-0.4, -0.2) is 42.0 Å². The first-order valence-electron chi connectivity index (χ1n) is 8.00. The molecule has 22 heavy (non-hydrogen) atoms. The second-order valence-corrected chi connectivity index (χ2v) is 6.15. The number of aromatic nitrogens is 1. The molecule has 0 radical (unpaired) electrons. The van der Waals surface area contributed by atoms with Crippen LogP contribution in [0, 0.1) is 6.92 Å². The van der Waals surface area contributed by atoms with Crippen molar-refractivity contribution in [2.45, 2.75) is 13.5 Å². The van der Waals surface area contributed by atoms with Gasteiger partial charge in [0.15, 0.2) is 0 Å². The van der Waals surface area contributed by atoms with E-state index in [1.807, 2.05) is 25.5 Å². The van der Waals surface area contributed by atoms with E-state index in [1.54, 1.807) is 4.90 Å². The highest BCUT2D eigenvalue weighted by atomic mass is 15.5. The summed E-state index contributed by atoms with van der Waals surface area (Å²) in [5.74, 6) is 0. The lowest BCUT2D eigenvalue weighted by Gasteiger charge is -2.30. The van der Waals surface area contributed by atoms with Gasteiger partial charge in [0.05, 0.1) is 38.1 Å². The van der Waals surface area contributed by atoms with Gasteiger partial charge in [0.2, 0.25) is 0 Å². The van der Waals surface area contributed by atoms with Crippen LogP contribution in [0.2, 0.25) is 0 Å². The quantitative estimate of drug-likeness (QED) is 0.839. The maximum Gasteiger partial charge on any atom is 0.103 e. The summed E-state index contributed by atoms with van der Waals surface area (Å²) in [5.41, 5.74) is 3.91. The van der Waals surface area contributed by atoms with E-state index >= 15 is 0 Å². The van der Waals surface area contributed by atoms with E-state index in [-0.39, 0.29) is 0 Å². The minimum absolute atomic E-state index is 1.03. The predicted octanol–water partition coefficient (Wildman–Crippen LogP) is 1.07. The normalized spacial score (nSPS) is 16.5. The van der Waals surface area contributed by atoms with Gasteiger partial charge in [-0.25, -0.2) is 0 Å². The summed E-state index contributed by atoms with van der Waals surface area (Å²) in [6, 6.07) is 13.0. The molecule has 2 aromatic rings. The lowest BCUT2D eigenvalue weighted by molar-refractivity contribution is -0.918. The van der Waals surface area contributed by atoms with Crippen molar-refractivity contribution in [3.63, 3.8) is 0 Å². The molecule has 1 fully saturated rings. The van der Waals surface area contributed by atoms with Crippen LogP contribution in [-0.2, 0) is 13.6 Å². The van der Waals surface area contributed by atoms with Crippen LogP contribution in [0.25, 0.3) is 0 Å². The monoisotopic (exact) mass is 297 g/mol. The average molecular weight is 297 g/mol. The van der Waals surface area contributed by atoms with Gasteiger partial charge in [-0.3, -0.25) is 5.01 Å². The van der Waals surface area contributed by atoms with E-state index in [0.29, 0.717) is 0 Å². The molecule has 2 heterocycles. The first kappa shape index (κ1) is 14.9. The highest BCUT2D eigenvalue weighted by Gasteiger charge is 2.18. The Labute approximate surface area is 132 Å². The van der Waals surface area contributed by atoms with Gasteiger partial charge in [0.1, 0.15) is 6.54 Å². The first-order chi connectivity index (χ1) is 10.7. The topological polar surface area (TPSA) is 25.0 Å². The van der Waals surface area contributed by atoms with Crippen molar-refractivity contribution >= 4 is 6.21 Å². The van der Waals surface area contributed by atoms with E-state index in [0.717, 1.165) is 38.4 Å². The van der Waals surface area contributed by atoms with Crippen molar-refractivity contribution in [3.05, 3.63) is 59.4 Å². The molecular formula is C18H25N4+. The third kappa shape index (κ3) is 3.77. The maximum atomic E-state index is 4.61. The van der Waals surface area contributed by atoms with Crippen molar-refractivity contribution < 1.29 is 4.90 Å². The zero-order valence-electron chi connectivity index (χ0n) is 13.5. The second-order valence-electron chi connectivity index (χ2n) is 6.15. The van der Waals surface area contributed by atoms with Crippen molar-refractivity contribution in [2.24, 2.45) is 12.1 Å². The minimum Gasteiger partial charge on any atom is -0.350 e. The number of aryl methyl sites for hydroxylation is 2. The Morgan fingerprint density at radius 2 is 1.86 bits per heavy atom. The maximum absolute atomic E-state index is 4.61. The van der Waals surface area contributed by atoms with Gasteiger partial charge in [-0.15, -0.1) is 0 Å². The largest absolute Gasteiger partial charge is 0.350 e. The molecule has 1 aromatic heterocycles. The van der Waals surface area contributed by atoms with Crippen LogP contribution in [0.15, 0.2) is 47.7 Å². The zero-order valence-corrected chi connectivity index (χ0v) is 13.5. The molecule has 0 saturated carbocycles. The number of hydrogen-bond donors (Lipinski definition) is 1. The first-order valence-corrected chi connectivity index (χ1v) is 8.00. The van der Waals surface area contributed by atoms with Gasteiger partial charge in [-0.1, -0.05) is 29.8 Å². The van der Waals surface area contributed by atoms with Crippen molar-refractivity contribution in [1.82, 2.24) is 9.58 Å². The summed E-state index contributed by atoms with van der Waals surface area (Å²) in [5, 5.41) is 6.80. The van der Waals surface area contributed by atoms with Crippen molar-refractivity contribution in [3.8, 4) is 0 Å². The molecule has 116 valence electrons. The Morgan fingerprint density at radius 1 is 1.14 bits per heavy atom. The molecule has 0 amide bonds. The molecule has 1 N–H and O–H groups in total. The van der Waals surface area contributed by atoms with Crippen molar-refractivity contribution in [1.29, 1.82) is 0 Å². The van der Waals surface area contributed by atoms with Gasteiger partial charge >= 0.3 is 0 Å². The molecule has 1 aromatic carbocycles. The van der Waals surface area contributed by atoms with Crippen LogP contribution < -0.4 is 4.90 Å². The third-order valence-electron chi connectivity index (χ3n) is 4.36. The van der Waals surface area contributed by atoms with E-state index in [2.05, 4.69) is 51.9 Å². The third-order valence-corrected chi connectivity index (χ3v) is 4.36. The average Bonchev–Trinajstić information content (AvgIpc) is 2.94. The Hall–Kier alpha value is -2.07. The molecule has 4 heteroatoms.